The Bertz CT molecular complexity index is 1740. The Morgan fingerprint density at radius 1 is 1.11 bits per heavy atom. The van der Waals surface area contributed by atoms with Gasteiger partial charge in [0.2, 0.25) is 0 Å². The zero-order valence-corrected chi connectivity index (χ0v) is 20.7. The number of ketones is 1. The van der Waals surface area contributed by atoms with Gasteiger partial charge >= 0.3 is 5.91 Å². The highest BCUT2D eigenvalue weighted by atomic mass is 35.5. The van der Waals surface area contributed by atoms with Crippen molar-refractivity contribution in [3.05, 3.63) is 94.2 Å². The number of amides is 1. The molecule has 0 bridgehead atoms. The molecule has 8 nitrogen and oxygen atoms in total. The van der Waals surface area contributed by atoms with Gasteiger partial charge in [0.25, 0.3) is 5.78 Å². The number of rotatable bonds is 3. The van der Waals surface area contributed by atoms with Crippen molar-refractivity contribution in [3.8, 4) is 0 Å². The Balaban J connectivity index is 1.59. The van der Waals surface area contributed by atoms with E-state index in [1.54, 1.807) is 49.6 Å². The van der Waals surface area contributed by atoms with Crippen molar-refractivity contribution >= 4 is 61.4 Å². The lowest BCUT2D eigenvalue weighted by Gasteiger charge is -2.22. The van der Waals surface area contributed by atoms with Crippen LogP contribution in [0.4, 0.5) is 5.13 Å². The van der Waals surface area contributed by atoms with Gasteiger partial charge in [-0.25, -0.2) is 9.97 Å². The van der Waals surface area contributed by atoms with Gasteiger partial charge in [0.1, 0.15) is 11.3 Å². The molecule has 1 N–H and O–H groups in total. The highest BCUT2D eigenvalue weighted by Crippen LogP contribution is 2.44. The molecule has 0 saturated carbocycles. The summed E-state index contributed by atoms with van der Waals surface area (Å²) in [6, 6.07) is 11.6. The smallest absolute Gasteiger partial charge is 0.301 e. The molecule has 0 spiro atoms. The molecule has 1 atom stereocenters. The zero-order valence-electron chi connectivity index (χ0n) is 19.1. The number of pyridine rings is 2. The average molecular weight is 516 g/mol. The van der Waals surface area contributed by atoms with E-state index in [1.807, 2.05) is 29.7 Å². The molecular formula is C26H18ClN5O3S. The molecule has 0 radical (unpaired) electrons. The number of hydrogen-bond acceptors (Lipinski definition) is 7. The van der Waals surface area contributed by atoms with E-state index in [1.165, 1.54) is 16.2 Å². The number of aliphatic hydroxyl groups is 1. The van der Waals surface area contributed by atoms with Gasteiger partial charge in [-0.3, -0.25) is 19.5 Å². The number of nitrogens with zero attached hydrogens (tertiary/aromatic N) is 5. The maximum absolute atomic E-state index is 13.4. The maximum atomic E-state index is 13.4. The van der Waals surface area contributed by atoms with E-state index in [0.717, 1.165) is 10.3 Å². The van der Waals surface area contributed by atoms with E-state index >= 15 is 0 Å². The summed E-state index contributed by atoms with van der Waals surface area (Å²) in [4.78, 5) is 41.6. The van der Waals surface area contributed by atoms with E-state index < -0.39 is 17.7 Å². The molecule has 1 fully saturated rings. The van der Waals surface area contributed by atoms with Crippen LogP contribution in [0.15, 0.2) is 66.6 Å². The summed E-state index contributed by atoms with van der Waals surface area (Å²) < 4.78 is 2.62. The number of fused-ring (bicyclic) bond motifs is 2. The molecule has 5 aromatic rings. The molecule has 1 amide bonds. The number of Topliss-reactive ketones (excluding diaryl/α,β-unsaturated/α-hetero) is 1. The number of aliphatic hydroxyl groups excluding tert-OH is 1. The fourth-order valence-corrected chi connectivity index (χ4v) is 5.81. The summed E-state index contributed by atoms with van der Waals surface area (Å²) in [5.74, 6) is -1.94. The molecule has 1 aromatic carbocycles. The molecule has 1 aliphatic heterocycles. The first-order chi connectivity index (χ1) is 17.3. The van der Waals surface area contributed by atoms with Crippen LogP contribution in [-0.4, -0.2) is 36.1 Å². The first-order valence-corrected chi connectivity index (χ1v) is 12.3. The zero-order chi connectivity index (χ0) is 25.1. The SMILES string of the molecule is Cc1cccn2c(C)c(C(O)=C3C(=O)C(=O)N(c4nc5ccc(Cl)cc5s4)C3c3cccnc3)nc12. The van der Waals surface area contributed by atoms with E-state index in [9.17, 15) is 14.7 Å². The van der Waals surface area contributed by atoms with Gasteiger partial charge in [-0.2, -0.15) is 0 Å². The summed E-state index contributed by atoms with van der Waals surface area (Å²) in [7, 11) is 0. The molecule has 178 valence electrons. The lowest BCUT2D eigenvalue weighted by atomic mass is 9.97. The van der Waals surface area contributed by atoms with Crippen LogP contribution in [0.3, 0.4) is 0 Å². The number of aryl methyl sites for hydroxylation is 2. The summed E-state index contributed by atoms with van der Waals surface area (Å²) in [6.07, 6.45) is 5.01. The number of aromatic nitrogens is 4. The van der Waals surface area contributed by atoms with Gasteiger partial charge in [-0.15, -0.1) is 0 Å². The standard InChI is InChI=1S/C26H18ClN5O3S/c1-13-5-4-10-31-14(2)20(30-24(13)31)22(33)19-21(15-6-3-9-28-12-15)32(25(35)23(19)34)26-29-17-8-7-16(27)11-18(17)36-26/h3-12,21,33H,1-2H3. The number of anilines is 1. The van der Waals surface area contributed by atoms with Gasteiger partial charge in [-0.05, 0) is 55.3 Å². The van der Waals surface area contributed by atoms with Crippen molar-refractivity contribution in [3.63, 3.8) is 0 Å². The van der Waals surface area contributed by atoms with Crippen molar-refractivity contribution in [2.24, 2.45) is 0 Å². The van der Waals surface area contributed by atoms with Crippen LogP contribution in [0.25, 0.3) is 21.6 Å². The topological polar surface area (TPSA) is 101 Å². The summed E-state index contributed by atoms with van der Waals surface area (Å²) in [6.45, 7) is 3.72. The molecule has 1 saturated heterocycles. The van der Waals surface area contributed by atoms with Crippen LogP contribution >= 0.6 is 22.9 Å². The number of carbonyl (C=O) groups is 2. The van der Waals surface area contributed by atoms with E-state index in [0.29, 0.717) is 32.6 Å². The van der Waals surface area contributed by atoms with E-state index in [2.05, 4.69) is 15.0 Å². The number of imidazole rings is 1. The van der Waals surface area contributed by atoms with Gasteiger partial charge in [0, 0.05) is 23.6 Å². The molecule has 1 unspecified atom stereocenters. The van der Waals surface area contributed by atoms with Crippen LogP contribution in [0.2, 0.25) is 5.02 Å². The predicted octanol–water partition coefficient (Wildman–Crippen LogP) is 5.24. The van der Waals surface area contributed by atoms with Crippen molar-refractivity contribution in [1.29, 1.82) is 0 Å². The summed E-state index contributed by atoms with van der Waals surface area (Å²) >= 11 is 7.39. The second-order valence-corrected chi connectivity index (χ2v) is 9.94. The lowest BCUT2D eigenvalue weighted by Crippen LogP contribution is -2.29. The van der Waals surface area contributed by atoms with Gasteiger partial charge in [0.05, 0.1) is 27.5 Å². The molecule has 6 rings (SSSR count). The molecule has 10 heteroatoms. The highest BCUT2D eigenvalue weighted by molar-refractivity contribution is 7.22. The van der Waals surface area contributed by atoms with E-state index in [4.69, 9.17) is 11.6 Å². The van der Waals surface area contributed by atoms with Gasteiger partial charge in [0.15, 0.2) is 10.9 Å². The third kappa shape index (κ3) is 3.31. The number of halogens is 1. The molecular weight excluding hydrogens is 498 g/mol. The minimum absolute atomic E-state index is 0.0607. The minimum atomic E-state index is -0.931. The average Bonchev–Trinajstić information content (AvgIpc) is 3.52. The Morgan fingerprint density at radius 2 is 1.94 bits per heavy atom. The second-order valence-electron chi connectivity index (χ2n) is 8.49. The van der Waals surface area contributed by atoms with Crippen LogP contribution in [-0.2, 0) is 9.59 Å². The summed E-state index contributed by atoms with van der Waals surface area (Å²) in [5.41, 5.74) is 3.62. The van der Waals surface area contributed by atoms with Crippen molar-refractivity contribution in [1.82, 2.24) is 19.4 Å². The van der Waals surface area contributed by atoms with Crippen molar-refractivity contribution in [2.75, 3.05) is 4.90 Å². The lowest BCUT2D eigenvalue weighted by molar-refractivity contribution is -0.132. The fourth-order valence-electron chi connectivity index (χ4n) is 4.55. The minimum Gasteiger partial charge on any atom is -0.505 e. The molecule has 1 aliphatic rings. The normalized spacial score (nSPS) is 17.5. The van der Waals surface area contributed by atoms with E-state index in [-0.39, 0.29) is 17.0 Å². The monoisotopic (exact) mass is 515 g/mol. The number of carbonyl (C=O) groups excluding carboxylic acids is 2. The number of benzene rings is 1. The third-order valence-corrected chi connectivity index (χ3v) is 7.55. The second kappa shape index (κ2) is 8.25. The van der Waals surface area contributed by atoms with Crippen LogP contribution in [0.5, 0.6) is 0 Å². The number of thiazole rings is 1. The Kier molecular flexibility index (Phi) is 5.13. The largest absolute Gasteiger partial charge is 0.505 e. The number of hydrogen-bond donors (Lipinski definition) is 1. The predicted molar refractivity (Wildman–Crippen MR) is 138 cm³/mol. The molecule has 36 heavy (non-hydrogen) atoms. The first kappa shape index (κ1) is 22.4. The van der Waals surface area contributed by atoms with Crippen molar-refractivity contribution < 1.29 is 14.7 Å². The molecule has 0 aliphatic carbocycles. The first-order valence-electron chi connectivity index (χ1n) is 11.1. The van der Waals surface area contributed by atoms with Crippen LogP contribution in [0.1, 0.15) is 28.6 Å². The summed E-state index contributed by atoms with van der Waals surface area (Å²) in [5, 5.41) is 12.4. The Morgan fingerprint density at radius 3 is 2.69 bits per heavy atom. The Labute approximate surface area is 214 Å². The maximum Gasteiger partial charge on any atom is 0.301 e. The van der Waals surface area contributed by atoms with Crippen molar-refractivity contribution in [2.45, 2.75) is 19.9 Å². The van der Waals surface area contributed by atoms with Crippen LogP contribution < -0.4 is 4.90 Å². The Hall–Kier alpha value is -4.08. The van der Waals surface area contributed by atoms with Gasteiger partial charge < -0.3 is 9.51 Å². The fraction of sp³-hybridized carbons (Fsp3) is 0.115. The van der Waals surface area contributed by atoms with Crippen LogP contribution in [0, 0.1) is 13.8 Å². The molecule has 4 aromatic heterocycles. The highest BCUT2D eigenvalue weighted by Gasteiger charge is 2.48. The molecule has 5 heterocycles. The van der Waals surface area contributed by atoms with Gasteiger partial charge in [-0.1, -0.05) is 35.1 Å². The third-order valence-electron chi connectivity index (χ3n) is 6.30. The quantitative estimate of drug-likeness (QED) is 0.200.